The molecule has 2 N–H and O–H groups in total. The van der Waals surface area contributed by atoms with Crippen LogP contribution in [0.3, 0.4) is 0 Å². The van der Waals surface area contributed by atoms with Gasteiger partial charge in [-0.3, -0.25) is 9.59 Å². The lowest BCUT2D eigenvalue weighted by Gasteiger charge is -2.26. The van der Waals surface area contributed by atoms with Gasteiger partial charge in [-0.2, -0.15) is 0 Å². The monoisotopic (exact) mass is 253 g/mol. The number of benzene rings is 1. The highest BCUT2D eigenvalue weighted by Gasteiger charge is 2.24. The predicted molar refractivity (Wildman–Crippen MR) is 64.7 cm³/mol. The van der Waals surface area contributed by atoms with E-state index in [-0.39, 0.29) is 12.4 Å². The summed E-state index contributed by atoms with van der Waals surface area (Å²) in [6.45, 7) is 3.75. The van der Waals surface area contributed by atoms with Crippen LogP contribution in [0.2, 0.25) is 0 Å². The molecule has 0 radical (unpaired) electrons. The fourth-order valence-electron chi connectivity index (χ4n) is 1.62. The first-order valence-corrected chi connectivity index (χ1v) is 5.56. The molecule has 1 rings (SSSR count). The number of rotatable bonds is 5. The number of nitrogens with one attached hydrogen (secondary N) is 1. The van der Waals surface area contributed by atoms with E-state index in [0.717, 1.165) is 0 Å². The van der Waals surface area contributed by atoms with Gasteiger partial charge in [0, 0.05) is 12.0 Å². The summed E-state index contributed by atoms with van der Waals surface area (Å²) in [5.41, 5.74) is -0.111. The fourth-order valence-corrected chi connectivity index (χ4v) is 1.62. The number of carbonyl (C=O) groups excluding carboxylic acids is 1. The van der Waals surface area contributed by atoms with Crippen LogP contribution in [0.4, 0.5) is 4.39 Å². The van der Waals surface area contributed by atoms with E-state index in [2.05, 4.69) is 5.32 Å². The summed E-state index contributed by atoms with van der Waals surface area (Å²) in [5, 5.41) is 10.9. The predicted octanol–water partition coefficient (Wildman–Crippen LogP) is 1.69. The van der Waals surface area contributed by atoms with Crippen molar-refractivity contribution >= 4 is 11.9 Å². The number of hydrogen-bond donors (Lipinski definition) is 2. The molecule has 0 aliphatic heterocycles. The molecule has 0 atom stereocenters. The van der Waals surface area contributed by atoms with E-state index in [0.29, 0.717) is 5.56 Å². The molecule has 0 saturated heterocycles. The van der Waals surface area contributed by atoms with Crippen LogP contribution < -0.4 is 5.32 Å². The summed E-state index contributed by atoms with van der Waals surface area (Å²) in [4.78, 5) is 21.6. The van der Waals surface area contributed by atoms with Crippen LogP contribution in [0.5, 0.6) is 0 Å². The number of hydrogen-bond acceptors (Lipinski definition) is 2. The molecule has 0 fully saturated rings. The number of carboxylic acids is 1. The smallest absolute Gasteiger partial charge is 0.312 e. The van der Waals surface area contributed by atoms with Gasteiger partial charge in [0.2, 0.25) is 5.91 Å². The lowest BCUT2D eigenvalue weighted by molar-refractivity contribution is -0.140. The molecular formula is C13H16FNO3. The van der Waals surface area contributed by atoms with Crippen LogP contribution in [-0.2, 0) is 15.0 Å². The molecule has 0 spiro atoms. The van der Waals surface area contributed by atoms with Gasteiger partial charge in [0.05, 0.1) is 0 Å². The number of carboxylic acid groups (broad SMARTS) is 1. The highest BCUT2D eigenvalue weighted by Crippen LogP contribution is 2.24. The Morgan fingerprint density at radius 1 is 1.33 bits per heavy atom. The molecule has 0 bridgehead atoms. The zero-order valence-electron chi connectivity index (χ0n) is 10.4. The Morgan fingerprint density at radius 2 is 1.94 bits per heavy atom. The van der Waals surface area contributed by atoms with Crippen molar-refractivity contribution in [2.24, 2.45) is 0 Å². The van der Waals surface area contributed by atoms with Crippen molar-refractivity contribution in [1.29, 1.82) is 0 Å². The highest BCUT2D eigenvalue weighted by atomic mass is 19.1. The second-order valence-electron chi connectivity index (χ2n) is 4.71. The van der Waals surface area contributed by atoms with Crippen molar-refractivity contribution in [3.8, 4) is 0 Å². The molecule has 0 saturated carbocycles. The SMILES string of the molecule is CC(C)(CNC(=O)CC(=O)O)c1ccccc1F. The van der Waals surface area contributed by atoms with E-state index in [1.165, 1.54) is 6.07 Å². The van der Waals surface area contributed by atoms with E-state index < -0.39 is 23.7 Å². The van der Waals surface area contributed by atoms with Crippen molar-refractivity contribution < 1.29 is 19.1 Å². The summed E-state index contributed by atoms with van der Waals surface area (Å²) in [6.07, 6.45) is -0.576. The van der Waals surface area contributed by atoms with Gasteiger partial charge in [0.1, 0.15) is 12.2 Å². The molecule has 4 nitrogen and oxygen atoms in total. The van der Waals surface area contributed by atoms with Crippen molar-refractivity contribution in [3.05, 3.63) is 35.6 Å². The van der Waals surface area contributed by atoms with Gasteiger partial charge >= 0.3 is 5.97 Å². The maximum absolute atomic E-state index is 13.6. The molecule has 1 aromatic carbocycles. The first-order valence-electron chi connectivity index (χ1n) is 5.56. The maximum atomic E-state index is 13.6. The van der Waals surface area contributed by atoms with E-state index in [1.54, 1.807) is 32.0 Å². The molecule has 0 aliphatic rings. The van der Waals surface area contributed by atoms with Crippen LogP contribution in [0.1, 0.15) is 25.8 Å². The molecule has 98 valence electrons. The van der Waals surface area contributed by atoms with Gasteiger partial charge in [-0.1, -0.05) is 32.0 Å². The molecule has 0 aromatic heterocycles. The van der Waals surface area contributed by atoms with E-state index in [9.17, 15) is 14.0 Å². The number of halogens is 1. The van der Waals surface area contributed by atoms with Crippen LogP contribution in [-0.4, -0.2) is 23.5 Å². The summed E-state index contributed by atoms with van der Waals surface area (Å²) in [7, 11) is 0. The van der Waals surface area contributed by atoms with E-state index in [1.807, 2.05) is 0 Å². The average molecular weight is 253 g/mol. The van der Waals surface area contributed by atoms with Crippen LogP contribution in [0.15, 0.2) is 24.3 Å². The Hall–Kier alpha value is -1.91. The molecule has 1 aromatic rings. The van der Waals surface area contributed by atoms with Crippen LogP contribution in [0.25, 0.3) is 0 Å². The lowest BCUT2D eigenvalue weighted by Crippen LogP contribution is -2.37. The maximum Gasteiger partial charge on any atom is 0.312 e. The summed E-state index contributed by atoms with van der Waals surface area (Å²) < 4.78 is 13.6. The Labute approximate surface area is 105 Å². The number of amides is 1. The topological polar surface area (TPSA) is 66.4 Å². The van der Waals surface area contributed by atoms with Crippen LogP contribution >= 0.6 is 0 Å². The van der Waals surface area contributed by atoms with Gasteiger partial charge in [-0.15, -0.1) is 0 Å². The Kier molecular flexibility index (Phi) is 4.42. The van der Waals surface area contributed by atoms with Gasteiger partial charge in [-0.05, 0) is 11.6 Å². The van der Waals surface area contributed by atoms with Gasteiger partial charge < -0.3 is 10.4 Å². The zero-order chi connectivity index (χ0) is 13.8. The van der Waals surface area contributed by atoms with Crippen molar-refractivity contribution in [2.75, 3.05) is 6.54 Å². The molecule has 5 heteroatoms. The lowest BCUT2D eigenvalue weighted by atomic mass is 9.84. The van der Waals surface area contributed by atoms with Gasteiger partial charge in [0.15, 0.2) is 0 Å². The highest BCUT2D eigenvalue weighted by molar-refractivity contribution is 5.93. The molecule has 0 heterocycles. The molecule has 0 aliphatic carbocycles. The van der Waals surface area contributed by atoms with E-state index >= 15 is 0 Å². The van der Waals surface area contributed by atoms with Gasteiger partial charge in [-0.25, -0.2) is 4.39 Å². The van der Waals surface area contributed by atoms with E-state index in [4.69, 9.17) is 5.11 Å². The third-order valence-electron chi connectivity index (χ3n) is 2.64. The third-order valence-corrected chi connectivity index (χ3v) is 2.64. The molecule has 18 heavy (non-hydrogen) atoms. The standard InChI is InChI=1S/C13H16FNO3/c1-13(2,8-15-11(16)7-12(17)18)9-5-3-4-6-10(9)14/h3-6H,7-8H2,1-2H3,(H,15,16)(H,17,18). The fraction of sp³-hybridized carbons (Fsp3) is 0.385. The minimum absolute atomic E-state index is 0.181. The van der Waals surface area contributed by atoms with Crippen molar-refractivity contribution in [1.82, 2.24) is 5.32 Å². The van der Waals surface area contributed by atoms with Gasteiger partial charge in [0.25, 0.3) is 0 Å². The number of carbonyl (C=O) groups is 2. The normalized spacial score (nSPS) is 11.1. The van der Waals surface area contributed by atoms with Crippen LogP contribution in [0, 0.1) is 5.82 Å². The largest absolute Gasteiger partial charge is 0.481 e. The molecule has 1 amide bonds. The molecule has 0 unspecified atom stereocenters. The summed E-state index contributed by atoms with van der Waals surface area (Å²) >= 11 is 0. The third kappa shape index (κ3) is 3.84. The minimum atomic E-state index is -1.18. The first kappa shape index (κ1) is 14.2. The Balaban J connectivity index is 2.68. The second kappa shape index (κ2) is 5.62. The zero-order valence-corrected chi connectivity index (χ0v) is 10.4. The minimum Gasteiger partial charge on any atom is -0.481 e. The molecular weight excluding hydrogens is 237 g/mol. The number of aliphatic carboxylic acids is 1. The summed E-state index contributed by atoms with van der Waals surface area (Å²) in [5.74, 6) is -2.10. The first-order chi connectivity index (χ1) is 8.33. The Bertz CT molecular complexity index is 457. The second-order valence-corrected chi connectivity index (χ2v) is 4.71. The summed E-state index contributed by atoms with van der Waals surface area (Å²) in [6, 6.07) is 6.33. The quantitative estimate of drug-likeness (QED) is 0.785. The average Bonchev–Trinajstić information content (AvgIpc) is 2.26. The van der Waals surface area contributed by atoms with Crippen molar-refractivity contribution in [2.45, 2.75) is 25.7 Å². The van der Waals surface area contributed by atoms with Crippen molar-refractivity contribution in [3.63, 3.8) is 0 Å². The Morgan fingerprint density at radius 3 is 2.50 bits per heavy atom.